The van der Waals surface area contributed by atoms with Gasteiger partial charge in [0, 0.05) is 0 Å². The van der Waals surface area contributed by atoms with Crippen molar-refractivity contribution in [1.82, 2.24) is 5.32 Å². The van der Waals surface area contributed by atoms with Crippen LogP contribution in [0.1, 0.15) is 20.8 Å². The maximum atomic E-state index is 11.3. The largest absolute Gasteiger partial charge is 0.444 e. The van der Waals surface area contributed by atoms with Gasteiger partial charge in [-0.25, -0.2) is 4.79 Å². The molecule has 0 aromatic carbocycles. The smallest absolute Gasteiger partial charge is 0.409 e. The van der Waals surface area contributed by atoms with E-state index in [4.69, 9.17) is 10.5 Å². The number of rotatable bonds is 2. The summed E-state index contributed by atoms with van der Waals surface area (Å²) in [7, 11) is 0. The highest BCUT2D eigenvalue weighted by atomic mass is 32.2. The zero-order valence-electron chi connectivity index (χ0n) is 9.79. The first-order valence-electron chi connectivity index (χ1n) is 4.58. The lowest BCUT2D eigenvalue weighted by atomic mass is 10.2. The van der Waals surface area contributed by atoms with Gasteiger partial charge in [0.25, 0.3) is 5.91 Å². The molecule has 2 amide bonds. The number of ether oxygens (including phenoxy) is 1. The summed E-state index contributed by atoms with van der Waals surface area (Å²) >= 11 is 1.23. The number of hydrogen-bond donors (Lipinski definition) is 2. The van der Waals surface area contributed by atoms with E-state index in [0.29, 0.717) is 0 Å². The van der Waals surface area contributed by atoms with Gasteiger partial charge in [-0.3, -0.25) is 10.1 Å². The molecule has 0 unspecified atom stereocenters. The van der Waals surface area contributed by atoms with Crippen LogP contribution < -0.4 is 11.1 Å². The molecule has 5 nitrogen and oxygen atoms in total. The summed E-state index contributed by atoms with van der Waals surface area (Å²) in [5.41, 5.74) is 4.44. The van der Waals surface area contributed by atoms with E-state index in [1.807, 2.05) is 0 Å². The average Bonchev–Trinajstić information content (AvgIpc) is 2.08. The molecule has 6 heteroatoms. The van der Waals surface area contributed by atoms with E-state index < -0.39 is 23.6 Å². The van der Waals surface area contributed by atoms with E-state index in [1.54, 1.807) is 27.0 Å². The summed E-state index contributed by atoms with van der Waals surface area (Å²) < 4.78 is 4.97. The highest BCUT2D eigenvalue weighted by Crippen LogP contribution is 2.06. The molecule has 0 aliphatic carbocycles. The van der Waals surface area contributed by atoms with Crippen LogP contribution in [0.15, 0.2) is 0 Å². The maximum Gasteiger partial charge on any atom is 0.409 e. The van der Waals surface area contributed by atoms with Crippen LogP contribution in [-0.2, 0) is 9.53 Å². The number of alkyl carbamates (subject to hydrolysis) is 1. The fourth-order valence-corrected chi connectivity index (χ4v) is 0.957. The lowest BCUT2D eigenvalue weighted by molar-refractivity contribution is -0.118. The number of carbonyl (C=O) groups is 2. The van der Waals surface area contributed by atoms with Crippen molar-refractivity contribution in [3.63, 3.8) is 0 Å². The lowest BCUT2D eigenvalue weighted by Gasteiger charge is -2.20. The van der Waals surface area contributed by atoms with Crippen molar-refractivity contribution >= 4 is 23.8 Å². The van der Waals surface area contributed by atoms with E-state index in [1.165, 1.54) is 11.8 Å². The van der Waals surface area contributed by atoms with Crippen LogP contribution in [0, 0.1) is 11.2 Å². The third-order valence-electron chi connectivity index (χ3n) is 1.25. The van der Waals surface area contributed by atoms with Gasteiger partial charge < -0.3 is 10.5 Å². The Morgan fingerprint density at radius 1 is 1.44 bits per heavy atom. The van der Waals surface area contributed by atoms with Crippen LogP contribution in [0.5, 0.6) is 0 Å². The standard InChI is InChI=1S/C10H16N2O3S/c1-10(2,3)15-9(14)12-7(8(11)13)5-6-16-4/h7H,1-4H3,(H2,11,13)(H,12,14)/t7-/m1/s1. The first kappa shape index (κ1) is 14.6. The molecule has 0 aromatic heterocycles. The predicted octanol–water partition coefficient (Wildman–Crippen LogP) is 0.689. The van der Waals surface area contributed by atoms with Crippen LogP contribution >= 0.6 is 11.8 Å². The van der Waals surface area contributed by atoms with Gasteiger partial charge in [0.1, 0.15) is 5.60 Å². The van der Waals surface area contributed by atoms with Crippen molar-refractivity contribution in [2.75, 3.05) is 6.26 Å². The Morgan fingerprint density at radius 2 is 2.00 bits per heavy atom. The molecule has 0 aromatic rings. The maximum absolute atomic E-state index is 11.3. The molecular weight excluding hydrogens is 228 g/mol. The van der Waals surface area contributed by atoms with Crippen molar-refractivity contribution < 1.29 is 14.3 Å². The molecule has 0 saturated carbocycles. The topological polar surface area (TPSA) is 81.4 Å². The minimum atomic E-state index is -1.03. The first-order chi connectivity index (χ1) is 7.26. The molecule has 0 rings (SSSR count). The first-order valence-corrected chi connectivity index (χ1v) is 5.81. The highest BCUT2D eigenvalue weighted by molar-refractivity contribution is 8.03. The molecule has 0 aliphatic rings. The van der Waals surface area contributed by atoms with Gasteiger partial charge in [-0.05, 0) is 32.3 Å². The molecule has 90 valence electrons. The fraction of sp³-hybridized carbons (Fsp3) is 0.600. The SMILES string of the molecule is CSC#C[C@@H](NC(=O)OC(C)(C)C)C(N)=O. The van der Waals surface area contributed by atoms with E-state index in [0.717, 1.165) is 0 Å². The van der Waals surface area contributed by atoms with Gasteiger partial charge in [0.15, 0.2) is 6.04 Å². The summed E-state index contributed by atoms with van der Waals surface area (Å²) in [5.74, 6) is 1.80. The van der Waals surface area contributed by atoms with Gasteiger partial charge in [0.2, 0.25) is 0 Å². The third-order valence-corrected chi connectivity index (χ3v) is 1.57. The van der Waals surface area contributed by atoms with Crippen molar-refractivity contribution in [3.05, 3.63) is 0 Å². The normalized spacial score (nSPS) is 12.0. The second-order valence-electron chi connectivity index (χ2n) is 3.93. The van der Waals surface area contributed by atoms with E-state index >= 15 is 0 Å². The second-order valence-corrected chi connectivity index (χ2v) is 4.54. The Labute approximate surface area is 99.5 Å². The number of amides is 2. The second kappa shape index (κ2) is 6.28. The van der Waals surface area contributed by atoms with Gasteiger partial charge in [-0.1, -0.05) is 17.7 Å². The quantitative estimate of drug-likeness (QED) is 0.700. The number of carbonyl (C=O) groups excluding carboxylic acids is 2. The molecule has 0 aliphatic heterocycles. The molecule has 0 heterocycles. The van der Waals surface area contributed by atoms with E-state index in [9.17, 15) is 9.59 Å². The summed E-state index contributed by atoms with van der Waals surface area (Å²) in [4.78, 5) is 22.3. The Morgan fingerprint density at radius 3 is 2.38 bits per heavy atom. The van der Waals surface area contributed by atoms with Crippen molar-refractivity contribution in [1.29, 1.82) is 0 Å². The van der Waals surface area contributed by atoms with Crippen LogP contribution in [0.25, 0.3) is 0 Å². The Bertz CT molecular complexity index is 325. The average molecular weight is 244 g/mol. The molecule has 0 fully saturated rings. The van der Waals surface area contributed by atoms with Crippen molar-refractivity contribution in [3.8, 4) is 11.2 Å². The van der Waals surface area contributed by atoms with Crippen LogP contribution in [0.2, 0.25) is 0 Å². The van der Waals surface area contributed by atoms with Crippen LogP contribution in [0.3, 0.4) is 0 Å². The molecule has 3 N–H and O–H groups in total. The Hall–Kier alpha value is -1.35. The Kier molecular flexibility index (Phi) is 5.75. The monoisotopic (exact) mass is 244 g/mol. The molecule has 0 spiro atoms. The summed E-state index contributed by atoms with van der Waals surface area (Å²) in [6, 6.07) is -1.03. The molecule has 0 bridgehead atoms. The van der Waals surface area contributed by atoms with Crippen molar-refractivity contribution in [2.45, 2.75) is 32.4 Å². The molecule has 0 saturated heterocycles. The summed E-state index contributed by atoms with van der Waals surface area (Å²) in [5, 5.41) is 4.88. The molecule has 16 heavy (non-hydrogen) atoms. The summed E-state index contributed by atoms with van der Waals surface area (Å²) in [6.45, 7) is 5.16. The van der Waals surface area contributed by atoms with Gasteiger partial charge in [0.05, 0.1) is 0 Å². The van der Waals surface area contributed by atoms with Gasteiger partial charge in [-0.15, -0.1) is 0 Å². The lowest BCUT2D eigenvalue weighted by Crippen LogP contribution is -2.45. The van der Waals surface area contributed by atoms with Crippen molar-refractivity contribution in [2.24, 2.45) is 5.73 Å². The van der Waals surface area contributed by atoms with Gasteiger partial charge >= 0.3 is 6.09 Å². The highest BCUT2D eigenvalue weighted by Gasteiger charge is 2.20. The zero-order valence-corrected chi connectivity index (χ0v) is 10.6. The minimum absolute atomic E-state index is 0.626. The van der Waals surface area contributed by atoms with Crippen LogP contribution in [-0.4, -0.2) is 29.9 Å². The molecular formula is C10H16N2O3S. The Balaban J connectivity index is 4.42. The zero-order chi connectivity index (χ0) is 12.8. The number of thioether (sulfide) groups is 1. The van der Waals surface area contributed by atoms with E-state index in [2.05, 4.69) is 16.5 Å². The van der Waals surface area contributed by atoms with Gasteiger partial charge in [-0.2, -0.15) is 0 Å². The third kappa shape index (κ3) is 7.01. The number of hydrogen-bond acceptors (Lipinski definition) is 4. The number of nitrogens with one attached hydrogen (secondary N) is 1. The predicted molar refractivity (Wildman–Crippen MR) is 63.6 cm³/mol. The summed E-state index contributed by atoms with van der Waals surface area (Å²) in [6.07, 6.45) is 1.03. The number of nitrogens with two attached hydrogens (primary N) is 1. The number of primary amides is 1. The molecule has 1 atom stereocenters. The minimum Gasteiger partial charge on any atom is -0.444 e. The van der Waals surface area contributed by atoms with Crippen LogP contribution in [0.4, 0.5) is 4.79 Å². The molecule has 0 radical (unpaired) electrons. The fourth-order valence-electron chi connectivity index (χ4n) is 0.722. The van der Waals surface area contributed by atoms with E-state index in [-0.39, 0.29) is 0 Å².